The number of halogens is 2. The summed E-state index contributed by atoms with van der Waals surface area (Å²) in [7, 11) is 1.49. The number of methoxy groups -OCH3 is 1. The molecule has 0 bridgehead atoms. The molecule has 33 heavy (non-hydrogen) atoms. The molecule has 1 amide bonds. The van der Waals surface area contributed by atoms with Gasteiger partial charge in [0.2, 0.25) is 0 Å². The first-order chi connectivity index (χ1) is 15.9. The summed E-state index contributed by atoms with van der Waals surface area (Å²) in [6.45, 7) is 2.00. The number of hydrogen-bond donors (Lipinski definition) is 1. The summed E-state index contributed by atoms with van der Waals surface area (Å²) in [5, 5.41) is 3.55. The Hall–Kier alpha value is -3.29. The van der Waals surface area contributed by atoms with E-state index in [-0.39, 0.29) is 23.4 Å². The van der Waals surface area contributed by atoms with Crippen LogP contribution in [-0.2, 0) is 11.4 Å². The van der Waals surface area contributed by atoms with Gasteiger partial charge in [0.15, 0.2) is 16.7 Å². The van der Waals surface area contributed by atoms with Gasteiger partial charge in [0.25, 0.3) is 5.91 Å². The highest BCUT2D eigenvalue weighted by molar-refractivity contribution is 8.18. The van der Waals surface area contributed by atoms with Crippen LogP contribution in [0.1, 0.15) is 16.7 Å². The van der Waals surface area contributed by atoms with Crippen LogP contribution in [0.4, 0.5) is 10.1 Å². The number of rotatable bonds is 6. The Morgan fingerprint density at radius 3 is 2.64 bits per heavy atom. The first-order valence-corrected chi connectivity index (χ1v) is 11.2. The molecule has 1 aliphatic heterocycles. The van der Waals surface area contributed by atoms with Crippen LogP contribution in [0.3, 0.4) is 0 Å². The molecule has 0 saturated carbocycles. The lowest BCUT2D eigenvalue weighted by molar-refractivity contribution is -0.115. The molecular weight excluding hydrogens is 463 g/mol. The molecule has 1 fully saturated rings. The second-order valence-corrected chi connectivity index (χ2v) is 8.67. The van der Waals surface area contributed by atoms with Crippen molar-refractivity contribution in [2.24, 2.45) is 4.99 Å². The van der Waals surface area contributed by atoms with Crippen molar-refractivity contribution in [2.45, 2.75) is 13.5 Å². The molecule has 1 heterocycles. The zero-order chi connectivity index (χ0) is 23.4. The van der Waals surface area contributed by atoms with Crippen molar-refractivity contribution in [1.82, 2.24) is 5.32 Å². The summed E-state index contributed by atoms with van der Waals surface area (Å²) < 4.78 is 25.1. The fourth-order valence-electron chi connectivity index (χ4n) is 3.10. The van der Waals surface area contributed by atoms with Crippen LogP contribution in [-0.4, -0.2) is 18.2 Å². The molecule has 168 valence electrons. The molecule has 0 atom stereocenters. The van der Waals surface area contributed by atoms with Gasteiger partial charge in [-0.25, -0.2) is 9.38 Å². The van der Waals surface area contributed by atoms with E-state index in [1.807, 2.05) is 31.2 Å². The second-order valence-electron chi connectivity index (χ2n) is 7.23. The summed E-state index contributed by atoms with van der Waals surface area (Å²) in [4.78, 5) is 17.4. The van der Waals surface area contributed by atoms with Crippen LogP contribution in [0.5, 0.6) is 11.5 Å². The van der Waals surface area contributed by atoms with Crippen molar-refractivity contribution >= 4 is 46.2 Å². The lowest BCUT2D eigenvalue weighted by Crippen LogP contribution is -2.19. The minimum atomic E-state index is -0.360. The fourth-order valence-corrected chi connectivity index (χ4v) is 4.21. The van der Waals surface area contributed by atoms with Gasteiger partial charge in [-0.3, -0.25) is 4.79 Å². The smallest absolute Gasteiger partial charge is 0.264 e. The molecule has 0 radical (unpaired) electrons. The molecule has 4 rings (SSSR count). The highest BCUT2D eigenvalue weighted by Crippen LogP contribution is 2.38. The van der Waals surface area contributed by atoms with Crippen LogP contribution in [0.2, 0.25) is 5.02 Å². The van der Waals surface area contributed by atoms with Crippen molar-refractivity contribution in [3.05, 3.63) is 93.1 Å². The number of amidine groups is 1. The van der Waals surface area contributed by atoms with Crippen LogP contribution in [0, 0.1) is 12.7 Å². The van der Waals surface area contributed by atoms with Crippen molar-refractivity contribution in [1.29, 1.82) is 0 Å². The van der Waals surface area contributed by atoms with Crippen LogP contribution in [0.25, 0.3) is 6.08 Å². The van der Waals surface area contributed by atoms with Gasteiger partial charge in [-0.05, 0) is 60.7 Å². The first-order valence-electron chi connectivity index (χ1n) is 10.0. The summed E-state index contributed by atoms with van der Waals surface area (Å²) in [6, 6.07) is 17.4. The van der Waals surface area contributed by atoms with Crippen LogP contribution >= 0.6 is 23.4 Å². The monoisotopic (exact) mass is 482 g/mol. The lowest BCUT2D eigenvalue weighted by atomic mass is 10.1. The van der Waals surface area contributed by atoms with E-state index >= 15 is 0 Å². The maximum absolute atomic E-state index is 13.9. The first kappa shape index (κ1) is 22.9. The number of hydrogen-bond acceptors (Lipinski definition) is 5. The molecular formula is C25H20ClFN2O3S. The summed E-state index contributed by atoms with van der Waals surface area (Å²) in [5.41, 5.74) is 2.95. The fraction of sp³-hybridized carbons (Fsp3) is 0.120. The van der Waals surface area contributed by atoms with Gasteiger partial charge in [-0.2, -0.15) is 0 Å². The van der Waals surface area contributed by atoms with Crippen LogP contribution < -0.4 is 14.8 Å². The second kappa shape index (κ2) is 10.1. The summed E-state index contributed by atoms with van der Waals surface area (Å²) in [5.74, 6) is 0.0690. The van der Waals surface area contributed by atoms with E-state index in [2.05, 4.69) is 10.3 Å². The Morgan fingerprint density at radius 2 is 1.91 bits per heavy atom. The number of benzene rings is 3. The maximum Gasteiger partial charge on any atom is 0.264 e. The topological polar surface area (TPSA) is 59.9 Å². The third kappa shape index (κ3) is 5.56. The lowest BCUT2D eigenvalue weighted by Gasteiger charge is -2.14. The number of amides is 1. The molecule has 0 aliphatic carbocycles. The molecule has 3 aromatic rings. The Bertz CT molecular complexity index is 1260. The third-order valence-electron chi connectivity index (χ3n) is 4.79. The standard InChI is InChI=1S/C25H20ClFN2O3S/c1-15-7-9-18(10-8-15)28-25-29-24(30)22(33-25)13-16-11-19(26)23(21(12-16)31-2)32-14-17-5-3-4-6-20(17)27/h3-13H,14H2,1-2H3,(H,28,29,30)/b22-13+. The molecule has 0 unspecified atom stereocenters. The van der Waals surface area contributed by atoms with E-state index in [9.17, 15) is 9.18 Å². The van der Waals surface area contributed by atoms with E-state index in [1.54, 1.807) is 36.4 Å². The van der Waals surface area contributed by atoms with Crippen molar-refractivity contribution in [2.75, 3.05) is 7.11 Å². The molecule has 3 aromatic carbocycles. The summed E-state index contributed by atoms with van der Waals surface area (Å²) in [6.07, 6.45) is 1.70. The van der Waals surface area contributed by atoms with Crippen molar-refractivity contribution in [3.8, 4) is 11.5 Å². The number of thioether (sulfide) groups is 1. The van der Waals surface area contributed by atoms with Gasteiger partial charge < -0.3 is 14.8 Å². The van der Waals surface area contributed by atoms with Crippen LogP contribution in [0.15, 0.2) is 70.6 Å². The Labute approximate surface area is 200 Å². The third-order valence-corrected chi connectivity index (χ3v) is 5.99. The Balaban J connectivity index is 1.54. The molecule has 1 saturated heterocycles. The quantitative estimate of drug-likeness (QED) is 0.421. The number of nitrogens with one attached hydrogen (secondary N) is 1. The predicted octanol–water partition coefficient (Wildman–Crippen LogP) is 6.27. The van der Waals surface area contributed by atoms with Crippen molar-refractivity contribution in [3.63, 3.8) is 0 Å². The largest absolute Gasteiger partial charge is 0.493 e. The molecule has 1 aliphatic rings. The highest BCUT2D eigenvalue weighted by atomic mass is 35.5. The number of aryl methyl sites for hydroxylation is 1. The average Bonchev–Trinajstić information content (AvgIpc) is 3.13. The number of aliphatic imine (C=N–C) groups is 1. The van der Waals surface area contributed by atoms with Gasteiger partial charge in [0.1, 0.15) is 12.4 Å². The van der Waals surface area contributed by atoms with E-state index in [1.165, 1.54) is 24.9 Å². The zero-order valence-electron chi connectivity index (χ0n) is 17.9. The number of carbonyl (C=O) groups is 1. The predicted molar refractivity (Wildman–Crippen MR) is 131 cm³/mol. The van der Waals surface area contributed by atoms with Gasteiger partial charge in [0.05, 0.1) is 22.7 Å². The molecule has 0 aromatic heterocycles. The molecule has 0 spiro atoms. The van der Waals surface area contributed by atoms with E-state index in [0.29, 0.717) is 32.7 Å². The van der Waals surface area contributed by atoms with Gasteiger partial charge in [0, 0.05) is 5.56 Å². The number of nitrogens with zero attached hydrogens (tertiary/aromatic N) is 1. The summed E-state index contributed by atoms with van der Waals surface area (Å²) >= 11 is 7.67. The van der Waals surface area contributed by atoms with E-state index < -0.39 is 0 Å². The number of carbonyl (C=O) groups excluding carboxylic acids is 1. The van der Waals surface area contributed by atoms with Gasteiger partial charge in [-0.15, -0.1) is 0 Å². The van der Waals surface area contributed by atoms with E-state index in [0.717, 1.165) is 11.3 Å². The Kier molecular flexibility index (Phi) is 7.01. The van der Waals surface area contributed by atoms with Gasteiger partial charge >= 0.3 is 0 Å². The molecule has 5 nitrogen and oxygen atoms in total. The number of ether oxygens (including phenoxy) is 2. The average molecular weight is 483 g/mol. The van der Waals surface area contributed by atoms with Crippen molar-refractivity contribution < 1.29 is 18.7 Å². The highest BCUT2D eigenvalue weighted by Gasteiger charge is 2.24. The normalized spacial score (nSPS) is 15.7. The molecule has 8 heteroatoms. The zero-order valence-corrected chi connectivity index (χ0v) is 19.5. The molecule has 1 N–H and O–H groups in total. The SMILES string of the molecule is COc1cc(/C=C2/SC(=Nc3ccc(C)cc3)NC2=O)cc(Cl)c1OCc1ccccc1F. The van der Waals surface area contributed by atoms with E-state index in [4.69, 9.17) is 21.1 Å². The minimum absolute atomic E-state index is 0.000280. The maximum atomic E-state index is 13.9. The minimum Gasteiger partial charge on any atom is -0.493 e. The van der Waals surface area contributed by atoms with Gasteiger partial charge in [-0.1, -0.05) is 47.5 Å². The Morgan fingerprint density at radius 1 is 1.15 bits per heavy atom.